The van der Waals surface area contributed by atoms with Crippen LogP contribution in [0.25, 0.3) is 0 Å². The van der Waals surface area contributed by atoms with E-state index in [1.165, 1.54) is 4.90 Å². The average Bonchev–Trinajstić information content (AvgIpc) is 2.40. The summed E-state index contributed by atoms with van der Waals surface area (Å²) in [6.45, 7) is 0. The topological polar surface area (TPSA) is 38.2 Å². The van der Waals surface area contributed by atoms with Crippen LogP contribution in [0.4, 0.5) is 19.0 Å². The van der Waals surface area contributed by atoms with E-state index in [4.69, 9.17) is 4.74 Å². The molecule has 0 bridgehead atoms. The molecular formula is C13H11F3IN3O. The number of aromatic nitrogens is 2. The highest BCUT2D eigenvalue weighted by Gasteiger charge is 2.34. The monoisotopic (exact) mass is 409 g/mol. The number of halogens is 4. The molecular weight excluding hydrogens is 398 g/mol. The zero-order valence-corrected chi connectivity index (χ0v) is 13.3. The molecule has 0 fully saturated rings. The molecule has 1 heterocycles. The van der Waals surface area contributed by atoms with E-state index in [9.17, 15) is 13.2 Å². The molecule has 2 aromatic rings. The van der Waals surface area contributed by atoms with Gasteiger partial charge in [0.15, 0.2) is 5.69 Å². The van der Waals surface area contributed by atoms with E-state index in [0.717, 1.165) is 9.64 Å². The third-order valence-electron chi connectivity index (χ3n) is 2.48. The standard InChI is InChI=1S/C13H11F3IN3O/c1-20(2)11-7-10(13(14,15)16)18-12(19-11)21-9-6-4-3-5-8(9)17/h3-7H,1-2H3. The van der Waals surface area contributed by atoms with E-state index in [0.29, 0.717) is 5.75 Å². The van der Waals surface area contributed by atoms with Gasteiger partial charge in [-0.1, -0.05) is 12.1 Å². The van der Waals surface area contributed by atoms with Crippen LogP contribution in [0.5, 0.6) is 11.8 Å². The van der Waals surface area contributed by atoms with E-state index in [2.05, 4.69) is 9.97 Å². The predicted octanol–water partition coefficient (Wildman–Crippen LogP) is 3.96. The number of para-hydroxylation sites is 1. The first-order valence-electron chi connectivity index (χ1n) is 5.83. The minimum atomic E-state index is -4.56. The number of benzene rings is 1. The van der Waals surface area contributed by atoms with Gasteiger partial charge in [-0.3, -0.25) is 0 Å². The van der Waals surface area contributed by atoms with E-state index in [1.807, 2.05) is 22.6 Å². The van der Waals surface area contributed by atoms with Crippen LogP contribution < -0.4 is 9.64 Å². The van der Waals surface area contributed by atoms with E-state index in [-0.39, 0.29) is 11.8 Å². The van der Waals surface area contributed by atoms with Crippen molar-refractivity contribution in [1.82, 2.24) is 9.97 Å². The van der Waals surface area contributed by atoms with Crippen molar-refractivity contribution in [3.63, 3.8) is 0 Å². The maximum Gasteiger partial charge on any atom is 0.433 e. The summed E-state index contributed by atoms with van der Waals surface area (Å²) in [4.78, 5) is 8.87. The normalized spacial score (nSPS) is 11.3. The van der Waals surface area contributed by atoms with Crippen LogP contribution in [0.3, 0.4) is 0 Å². The van der Waals surface area contributed by atoms with Gasteiger partial charge in [0, 0.05) is 20.2 Å². The van der Waals surface area contributed by atoms with Crippen molar-refractivity contribution < 1.29 is 17.9 Å². The largest absolute Gasteiger partial charge is 0.433 e. The fourth-order valence-corrected chi connectivity index (χ4v) is 1.96. The molecule has 1 aromatic heterocycles. The van der Waals surface area contributed by atoms with Crippen LogP contribution in [-0.2, 0) is 6.18 Å². The molecule has 0 unspecified atom stereocenters. The predicted molar refractivity (Wildman–Crippen MR) is 80.6 cm³/mol. The maximum absolute atomic E-state index is 12.9. The molecule has 0 spiro atoms. The maximum atomic E-state index is 12.9. The Bertz CT molecular complexity index is 647. The molecule has 1 aromatic carbocycles. The molecule has 0 saturated carbocycles. The number of hydrogen-bond donors (Lipinski definition) is 0. The Labute approximate surface area is 133 Å². The summed E-state index contributed by atoms with van der Waals surface area (Å²) in [6, 6.07) is 7.47. The van der Waals surface area contributed by atoms with Crippen molar-refractivity contribution in [2.75, 3.05) is 19.0 Å². The molecule has 0 N–H and O–H groups in total. The van der Waals surface area contributed by atoms with Gasteiger partial charge in [0.05, 0.1) is 3.57 Å². The Morgan fingerprint density at radius 2 is 1.81 bits per heavy atom. The van der Waals surface area contributed by atoms with Crippen molar-refractivity contribution in [1.29, 1.82) is 0 Å². The first-order chi connectivity index (χ1) is 9.77. The molecule has 0 atom stereocenters. The van der Waals surface area contributed by atoms with Crippen molar-refractivity contribution in [2.45, 2.75) is 6.18 Å². The Morgan fingerprint density at radius 1 is 1.14 bits per heavy atom. The summed E-state index contributed by atoms with van der Waals surface area (Å²) >= 11 is 2.02. The number of rotatable bonds is 3. The number of hydrogen-bond acceptors (Lipinski definition) is 4. The Kier molecular flexibility index (Phi) is 4.55. The zero-order chi connectivity index (χ0) is 15.6. The fourth-order valence-electron chi connectivity index (χ4n) is 1.46. The summed E-state index contributed by atoms with van der Waals surface area (Å²) in [6.07, 6.45) is -4.56. The Morgan fingerprint density at radius 3 is 2.38 bits per heavy atom. The highest BCUT2D eigenvalue weighted by Crippen LogP contribution is 2.32. The lowest BCUT2D eigenvalue weighted by atomic mass is 10.3. The van der Waals surface area contributed by atoms with Gasteiger partial charge in [-0.15, -0.1) is 0 Å². The van der Waals surface area contributed by atoms with Gasteiger partial charge in [-0.25, -0.2) is 0 Å². The van der Waals surface area contributed by atoms with Crippen molar-refractivity contribution in [3.05, 3.63) is 39.6 Å². The lowest BCUT2D eigenvalue weighted by Gasteiger charge is -2.15. The van der Waals surface area contributed by atoms with E-state index >= 15 is 0 Å². The summed E-state index contributed by atoms with van der Waals surface area (Å²) in [7, 11) is 3.19. The molecule has 112 valence electrons. The van der Waals surface area contributed by atoms with Gasteiger partial charge < -0.3 is 9.64 Å². The molecule has 0 aliphatic heterocycles. The van der Waals surface area contributed by atoms with E-state index < -0.39 is 11.9 Å². The van der Waals surface area contributed by atoms with Crippen LogP contribution >= 0.6 is 22.6 Å². The molecule has 0 amide bonds. The number of alkyl halides is 3. The third kappa shape index (κ3) is 3.96. The van der Waals surface area contributed by atoms with Crippen LogP contribution in [0.1, 0.15) is 5.69 Å². The smallest absolute Gasteiger partial charge is 0.423 e. The van der Waals surface area contributed by atoms with Gasteiger partial charge in [-0.2, -0.15) is 23.1 Å². The lowest BCUT2D eigenvalue weighted by molar-refractivity contribution is -0.141. The SMILES string of the molecule is CN(C)c1cc(C(F)(F)F)nc(Oc2ccccc2I)n1. The number of nitrogens with zero attached hydrogens (tertiary/aromatic N) is 3. The summed E-state index contributed by atoms with van der Waals surface area (Å²) in [5.41, 5.74) is -1.04. The zero-order valence-electron chi connectivity index (χ0n) is 11.1. The molecule has 4 nitrogen and oxygen atoms in total. The minimum absolute atomic E-state index is 0.123. The van der Waals surface area contributed by atoms with Crippen molar-refractivity contribution in [3.8, 4) is 11.8 Å². The first kappa shape index (κ1) is 15.8. The van der Waals surface area contributed by atoms with Crippen LogP contribution in [-0.4, -0.2) is 24.1 Å². The molecule has 8 heteroatoms. The second-order valence-corrected chi connectivity index (χ2v) is 5.48. The first-order valence-corrected chi connectivity index (χ1v) is 6.91. The summed E-state index contributed by atoms with van der Waals surface area (Å²) in [5, 5.41) is 0. The average molecular weight is 409 g/mol. The van der Waals surface area contributed by atoms with Gasteiger partial charge >= 0.3 is 12.2 Å². The van der Waals surface area contributed by atoms with Gasteiger partial charge in [0.1, 0.15) is 11.6 Å². The Hall–Kier alpha value is -1.58. The van der Waals surface area contributed by atoms with E-state index in [1.54, 1.807) is 38.4 Å². The Balaban J connectivity index is 2.44. The second kappa shape index (κ2) is 6.04. The highest BCUT2D eigenvalue weighted by molar-refractivity contribution is 14.1. The highest BCUT2D eigenvalue weighted by atomic mass is 127. The number of anilines is 1. The number of ether oxygens (including phenoxy) is 1. The van der Waals surface area contributed by atoms with Gasteiger partial charge in [0.2, 0.25) is 0 Å². The molecule has 0 saturated heterocycles. The van der Waals surface area contributed by atoms with Crippen LogP contribution in [0.2, 0.25) is 0 Å². The summed E-state index contributed by atoms with van der Waals surface area (Å²) in [5.74, 6) is 0.528. The molecule has 0 radical (unpaired) electrons. The van der Waals surface area contributed by atoms with Crippen LogP contribution in [0, 0.1) is 3.57 Å². The molecule has 0 aliphatic rings. The van der Waals surface area contributed by atoms with Gasteiger partial charge in [0.25, 0.3) is 0 Å². The lowest BCUT2D eigenvalue weighted by Crippen LogP contribution is -2.16. The molecule has 0 aliphatic carbocycles. The van der Waals surface area contributed by atoms with Crippen molar-refractivity contribution in [2.24, 2.45) is 0 Å². The summed E-state index contributed by atoms with van der Waals surface area (Å²) < 4.78 is 44.7. The quantitative estimate of drug-likeness (QED) is 0.720. The van der Waals surface area contributed by atoms with Crippen LogP contribution in [0.15, 0.2) is 30.3 Å². The fraction of sp³-hybridized carbons (Fsp3) is 0.231. The third-order valence-corrected chi connectivity index (χ3v) is 3.37. The minimum Gasteiger partial charge on any atom is -0.423 e. The molecule has 21 heavy (non-hydrogen) atoms. The second-order valence-electron chi connectivity index (χ2n) is 4.32. The van der Waals surface area contributed by atoms with Gasteiger partial charge in [-0.05, 0) is 34.7 Å². The van der Waals surface area contributed by atoms with Crippen molar-refractivity contribution >= 4 is 28.4 Å². The molecule has 2 rings (SSSR count).